The first kappa shape index (κ1) is 23.1. The van der Waals surface area contributed by atoms with Crippen molar-refractivity contribution in [1.82, 2.24) is 0 Å². The Morgan fingerprint density at radius 3 is 2.00 bits per heavy atom. The Bertz CT molecular complexity index is 103. The summed E-state index contributed by atoms with van der Waals surface area (Å²) < 4.78 is 0. The van der Waals surface area contributed by atoms with E-state index in [0.29, 0.717) is 0 Å². The van der Waals surface area contributed by atoms with Crippen molar-refractivity contribution in [2.45, 2.75) is 58.3 Å². The van der Waals surface area contributed by atoms with Crippen LogP contribution in [0.1, 0.15) is 58.3 Å². The van der Waals surface area contributed by atoms with Gasteiger partial charge in [0.2, 0.25) is 0 Å². The first-order chi connectivity index (χ1) is 7.43. The van der Waals surface area contributed by atoms with Crippen molar-refractivity contribution in [2.75, 3.05) is 6.54 Å². The van der Waals surface area contributed by atoms with E-state index in [2.05, 4.69) is 19.8 Å². The molecule has 2 N–H and O–H groups in total. The van der Waals surface area contributed by atoms with Gasteiger partial charge in [-0.25, -0.2) is 0 Å². The maximum absolute atomic E-state index is 5.39. The topological polar surface area (TPSA) is 26.0 Å². The van der Waals surface area contributed by atoms with Gasteiger partial charge in [-0.2, -0.15) is 32.6 Å². The number of hydrogen-bond donors (Lipinski definition) is 1. The summed E-state index contributed by atoms with van der Waals surface area (Å²) >= 11 is 0. The molecule has 0 aliphatic heterocycles. The van der Waals surface area contributed by atoms with Crippen LogP contribution in [0.2, 0.25) is 0 Å². The zero-order chi connectivity index (χ0) is 11.4. The fraction of sp³-hybridized carbons (Fsp3) is 0.786. The summed E-state index contributed by atoms with van der Waals surface area (Å²) in [7, 11) is 0. The Morgan fingerprint density at radius 2 is 1.71 bits per heavy atom. The van der Waals surface area contributed by atoms with Gasteiger partial charge in [-0.15, -0.1) is 0 Å². The fourth-order valence-corrected chi connectivity index (χ4v) is 2.04. The predicted molar refractivity (Wildman–Crippen MR) is 69.1 cm³/mol. The third-order valence-corrected chi connectivity index (χ3v) is 2.92. The van der Waals surface area contributed by atoms with Crippen LogP contribution in [0.5, 0.6) is 0 Å². The molecule has 0 heterocycles. The van der Waals surface area contributed by atoms with E-state index in [4.69, 9.17) is 5.73 Å². The zero-order valence-corrected chi connectivity index (χ0v) is 13.3. The smallest absolute Gasteiger partial charge is 0.346 e. The number of hydrogen-bond acceptors (Lipinski definition) is 1. The van der Waals surface area contributed by atoms with Crippen molar-refractivity contribution >= 4 is 0 Å². The third-order valence-electron chi connectivity index (χ3n) is 2.92. The molecule has 2 rings (SSSR count). The quantitative estimate of drug-likeness (QED) is 0.605. The standard InChI is InChI=1S/C7H14N.C5H9.C2H5.2Fe/c8-6-5-7-3-1-2-4-7;1-2-4-5-3-1;1-2;;/h1,7H,2-6,8H2;1H,2-5H2;1H2,2H3;;/q3*-1;;+2. The second kappa shape index (κ2) is 19.3. The molecule has 106 valence electrons. The molecule has 2 aliphatic carbocycles. The van der Waals surface area contributed by atoms with Gasteiger partial charge in [0.25, 0.3) is 0 Å². The van der Waals surface area contributed by atoms with Crippen molar-refractivity contribution in [3.05, 3.63) is 19.8 Å². The minimum atomic E-state index is 0. The van der Waals surface area contributed by atoms with Gasteiger partial charge >= 0.3 is 17.1 Å². The first-order valence-corrected chi connectivity index (χ1v) is 6.47. The van der Waals surface area contributed by atoms with Gasteiger partial charge in [0, 0.05) is 17.1 Å². The molecule has 0 spiro atoms. The molecule has 0 bridgehead atoms. The van der Waals surface area contributed by atoms with Crippen molar-refractivity contribution in [3.63, 3.8) is 0 Å². The van der Waals surface area contributed by atoms with E-state index in [0.717, 1.165) is 12.5 Å². The Morgan fingerprint density at radius 1 is 1.12 bits per heavy atom. The Hall–Kier alpha value is 0.999. The van der Waals surface area contributed by atoms with Gasteiger partial charge in [-0.05, 0) is 13.0 Å². The van der Waals surface area contributed by atoms with Crippen LogP contribution < -0.4 is 5.73 Å². The molecule has 0 aromatic rings. The molecule has 0 amide bonds. The molecule has 0 aromatic heterocycles. The van der Waals surface area contributed by atoms with Crippen LogP contribution in [0, 0.1) is 25.7 Å². The predicted octanol–water partition coefficient (Wildman–Crippen LogP) is 3.94. The monoisotopic (exact) mass is 322 g/mol. The Kier molecular flexibility index (Phi) is 26.3. The van der Waals surface area contributed by atoms with Gasteiger partial charge in [0.1, 0.15) is 0 Å². The van der Waals surface area contributed by atoms with Crippen LogP contribution in [0.15, 0.2) is 0 Å². The van der Waals surface area contributed by atoms with Gasteiger partial charge in [0.05, 0.1) is 0 Å². The van der Waals surface area contributed by atoms with Crippen molar-refractivity contribution in [3.8, 4) is 0 Å². The van der Waals surface area contributed by atoms with Crippen LogP contribution in [0.3, 0.4) is 0 Å². The molecule has 2 fully saturated rings. The van der Waals surface area contributed by atoms with E-state index < -0.39 is 0 Å². The molecule has 1 nitrogen and oxygen atoms in total. The van der Waals surface area contributed by atoms with Crippen LogP contribution in [0.4, 0.5) is 0 Å². The van der Waals surface area contributed by atoms with E-state index in [1.807, 2.05) is 0 Å². The molecular formula is C14H28Fe2N-. The summed E-state index contributed by atoms with van der Waals surface area (Å²) in [5, 5.41) is 0. The zero-order valence-electron chi connectivity index (χ0n) is 11.1. The van der Waals surface area contributed by atoms with Gasteiger partial charge in [-0.3, -0.25) is 0 Å². The van der Waals surface area contributed by atoms with Crippen molar-refractivity contribution in [1.29, 1.82) is 0 Å². The maximum atomic E-state index is 5.39. The van der Waals surface area contributed by atoms with Gasteiger partial charge in [-0.1, -0.05) is 25.2 Å². The second-order valence-corrected chi connectivity index (χ2v) is 4.12. The van der Waals surface area contributed by atoms with Gasteiger partial charge in [0.15, 0.2) is 0 Å². The third kappa shape index (κ3) is 14.9. The van der Waals surface area contributed by atoms with Gasteiger partial charge < -0.3 is 25.5 Å². The minimum Gasteiger partial charge on any atom is -0.346 e. The van der Waals surface area contributed by atoms with Crippen LogP contribution in [0.25, 0.3) is 0 Å². The van der Waals surface area contributed by atoms with Crippen LogP contribution in [-0.2, 0) is 34.1 Å². The van der Waals surface area contributed by atoms with Crippen LogP contribution >= 0.6 is 0 Å². The Balaban J connectivity index is -0.000000192. The second-order valence-electron chi connectivity index (χ2n) is 4.12. The van der Waals surface area contributed by atoms with Crippen molar-refractivity contribution < 1.29 is 34.1 Å². The minimum absolute atomic E-state index is 0. The van der Waals surface area contributed by atoms with Crippen LogP contribution in [-0.4, -0.2) is 6.54 Å². The summed E-state index contributed by atoms with van der Waals surface area (Å²) in [6.45, 7) is 5.87. The molecule has 2 saturated carbocycles. The molecule has 17 heavy (non-hydrogen) atoms. The fourth-order valence-electron chi connectivity index (χ4n) is 2.04. The summed E-state index contributed by atoms with van der Waals surface area (Å²) in [6, 6.07) is 0. The number of rotatable bonds is 2. The van der Waals surface area contributed by atoms with E-state index in [1.54, 1.807) is 6.92 Å². The van der Waals surface area contributed by atoms with E-state index in [1.165, 1.54) is 51.4 Å². The van der Waals surface area contributed by atoms with E-state index >= 15 is 0 Å². The summed E-state index contributed by atoms with van der Waals surface area (Å²) in [4.78, 5) is 0. The average molecular weight is 322 g/mol. The number of nitrogens with two attached hydrogens (primary N) is 1. The summed E-state index contributed by atoms with van der Waals surface area (Å²) in [5.41, 5.74) is 5.39. The normalized spacial score (nSPS) is 21.0. The molecular weight excluding hydrogens is 294 g/mol. The molecule has 0 aromatic carbocycles. The molecule has 3 heteroatoms. The van der Waals surface area contributed by atoms with E-state index in [-0.39, 0.29) is 34.1 Å². The molecule has 1 unspecified atom stereocenters. The average Bonchev–Trinajstić information content (AvgIpc) is 2.97. The largest absolute Gasteiger partial charge is 2.00 e. The summed E-state index contributed by atoms with van der Waals surface area (Å²) in [6.07, 6.45) is 15.6. The molecule has 0 saturated heterocycles. The SMILES string of the molecule is NCCC1C[CH-]CC1.[CH-]1CCCC1.[CH2-]C.[Fe+2].[Fe]. The first-order valence-electron chi connectivity index (χ1n) is 6.47. The Labute approximate surface area is 130 Å². The molecule has 1 atom stereocenters. The molecule has 0 radical (unpaired) electrons. The van der Waals surface area contributed by atoms with Crippen molar-refractivity contribution in [2.24, 2.45) is 11.7 Å². The molecule has 2 aliphatic rings. The van der Waals surface area contributed by atoms with E-state index in [9.17, 15) is 0 Å². The maximum Gasteiger partial charge on any atom is 2.00 e. The summed E-state index contributed by atoms with van der Waals surface area (Å²) in [5.74, 6) is 0.931.